The first-order valence-electron chi connectivity index (χ1n) is 7.69. The van der Waals surface area contributed by atoms with E-state index >= 15 is 0 Å². The van der Waals surface area contributed by atoms with E-state index in [4.69, 9.17) is 5.84 Å². The molecule has 6 heteroatoms. The number of nitrogens with two attached hydrogens (primary N) is 1. The molecule has 0 bridgehead atoms. The molecule has 1 atom stereocenters. The Hall–Kier alpha value is -1.50. The Morgan fingerprint density at radius 2 is 2.14 bits per heavy atom. The monoisotopic (exact) mass is 289 g/mol. The molecule has 1 unspecified atom stereocenters. The van der Waals surface area contributed by atoms with Gasteiger partial charge in [0.15, 0.2) is 0 Å². The highest BCUT2D eigenvalue weighted by molar-refractivity contribution is 5.91. The zero-order valence-electron chi connectivity index (χ0n) is 12.3. The van der Waals surface area contributed by atoms with E-state index in [1.165, 1.54) is 32.4 Å². The van der Waals surface area contributed by atoms with E-state index in [1.54, 1.807) is 6.07 Å². The van der Waals surface area contributed by atoms with Gasteiger partial charge >= 0.3 is 0 Å². The molecule has 2 fully saturated rings. The molecule has 3 rings (SSSR count). The summed E-state index contributed by atoms with van der Waals surface area (Å²) in [4.78, 5) is 20.9. The van der Waals surface area contributed by atoms with Crippen molar-refractivity contribution in [3.63, 3.8) is 0 Å². The van der Waals surface area contributed by atoms with Gasteiger partial charge in [0.2, 0.25) is 0 Å². The Morgan fingerprint density at radius 1 is 1.33 bits per heavy atom. The number of hydrogen-bond donors (Lipinski definition) is 2. The van der Waals surface area contributed by atoms with Crippen LogP contribution in [0.2, 0.25) is 0 Å². The lowest BCUT2D eigenvalue weighted by Gasteiger charge is -2.23. The topological polar surface area (TPSA) is 74.5 Å². The maximum absolute atomic E-state index is 11.5. The number of nitrogens with zero attached hydrogens (tertiary/aromatic N) is 3. The largest absolute Gasteiger partial charge is 0.299 e. The Balaban J connectivity index is 1.58. The lowest BCUT2D eigenvalue weighted by Crippen LogP contribution is -2.35. The fourth-order valence-corrected chi connectivity index (χ4v) is 3.36. The van der Waals surface area contributed by atoms with Crippen LogP contribution in [0.1, 0.15) is 35.4 Å². The maximum Gasteiger partial charge on any atom is 0.283 e. The molecule has 1 aromatic rings. The highest BCUT2D eigenvalue weighted by Gasteiger charge is 2.29. The van der Waals surface area contributed by atoms with Crippen LogP contribution in [-0.2, 0) is 6.54 Å². The Labute approximate surface area is 125 Å². The second-order valence-corrected chi connectivity index (χ2v) is 5.91. The molecule has 0 aliphatic carbocycles. The van der Waals surface area contributed by atoms with E-state index < -0.39 is 0 Å². The number of nitrogens with one attached hydrogen (secondary N) is 1. The predicted molar refractivity (Wildman–Crippen MR) is 80.4 cm³/mol. The molecule has 0 spiro atoms. The summed E-state index contributed by atoms with van der Waals surface area (Å²) < 4.78 is 0. The number of hydrogen-bond acceptors (Lipinski definition) is 5. The van der Waals surface area contributed by atoms with Crippen LogP contribution >= 0.6 is 0 Å². The van der Waals surface area contributed by atoms with E-state index in [1.807, 2.05) is 12.1 Å². The van der Waals surface area contributed by atoms with E-state index in [0.717, 1.165) is 25.3 Å². The number of hydrazine groups is 1. The zero-order chi connectivity index (χ0) is 14.7. The van der Waals surface area contributed by atoms with Crippen molar-refractivity contribution in [1.82, 2.24) is 20.2 Å². The van der Waals surface area contributed by atoms with Crippen LogP contribution in [0, 0.1) is 0 Å². The number of pyridine rings is 1. The van der Waals surface area contributed by atoms with Crippen molar-refractivity contribution in [2.24, 2.45) is 5.84 Å². The number of amides is 1. The van der Waals surface area contributed by atoms with Gasteiger partial charge in [-0.1, -0.05) is 6.07 Å². The van der Waals surface area contributed by atoms with E-state index in [0.29, 0.717) is 11.7 Å². The number of likely N-dealkylation sites (tertiary alicyclic amines) is 2. The molecule has 114 valence electrons. The quantitative estimate of drug-likeness (QED) is 0.475. The van der Waals surface area contributed by atoms with Gasteiger partial charge in [-0.2, -0.15) is 0 Å². The highest BCUT2D eigenvalue weighted by atomic mass is 16.2. The molecule has 1 amide bonds. The van der Waals surface area contributed by atoms with E-state index in [-0.39, 0.29) is 5.91 Å². The molecule has 2 saturated heterocycles. The Bertz CT molecular complexity index is 501. The first-order valence-corrected chi connectivity index (χ1v) is 7.69. The van der Waals surface area contributed by atoms with Crippen LogP contribution < -0.4 is 11.3 Å². The van der Waals surface area contributed by atoms with Crippen molar-refractivity contribution >= 4 is 5.91 Å². The number of aromatic nitrogens is 1. The lowest BCUT2D eigenvalue weighted by molar-refractivity contribution is 0.0948. The summed E-state index contributed by atoms with van der Waals surface area (Å²) in [7, 11) is 0. The van der Waals surface area contributed by atoms with E-state index in [9.17, 15) is 4.79 Å². The van der Waals surface area contributed by atoms with Gasteiger partial charge in [0.1, 0.15) is 5.69 Å². The fraction of sp³-hybridized carbons (Fsp3) is 0.600. The van der Waals surface area contributed by atoms with Gasteiger partial charge in [-0.25, -0.2) is 10.8 Å². The molecule has 0 radical (unpaired) electrons. The van der Waals surface area contributed by atoms with Gasteiger partial charge in [0.25, 0.3) is 5.91 Å². The van der Waals surface area contributed by atoms with Gasteiger partial charge < -0.3 is 0 Å². The highest BCUT2D eigenvalue weighted by Crippen LogP contribution is 2.21. The molecular weight excluding hydrogens is 266 g/mol. The third-order valence-corrected chi connectivity index (χ3v) is 4.46. The molecule has 2 aliphatic heterocycles. The fourth-order valence-electron chi connectivity index (χ4n) is 3.36. The van der Waals surface area contributed by atoms with Crippen molar-refractivity contribution in [3.05, 3.63) is 29.6 Å². The Morgan fingerprint density at radius 3 is 2.90 bits per heavy atom. The molecule has 1 aromatic heterocycles. The smallest absolute Gasteiger partial charge is 0.283 e. The normalized spacial score (nSPS) is 23.6. The molecule has 0 saturated carbocycles. The second kappa shape index (κ2) is 6.51. The summed E-state index contributed by atoms with van der Waals surface area (Å²) in [5.74, 6) is 4.81. The maximum atomic E-state index is 11.5. The SMILES string of the molecule is NNC(=O)c1cccc(CN2CCC(N3CCCC3)C2)n1. The first-order chi connectivity index (χ1) is 10.3. The number of nitrogen functional groups attached to an aromatic ring is 1. The average Bonchev–Trinajstić information content (AvgIpc) is 3.17. The summed E-state index contributed by atoms with van der Waals surface area (Å²) in [5.41, 5.74) is 3.43. The van der Waals surface area contributed by atoms with Gasteiger partial charge in [-0.15, -0.1) is 0 Å². The third kappa shape index (κ3) is 3.40. The summed E-state index contributed by atoms with van der Waals surface area (Å²) >= 11 is 0. The third-order valence-electron chi connectivity index (χ3n) is 4.46. The molecule has 21 heavy (non-hydrogen) atoms. The summed E-state index contributed by atoms with van der Waals surface area (Å²) in [6, 6.07) is 6.21. The first kappa shape index (κ1) is 14.4. The van der Waals surface area contributed by atoms with E-state index in [2.05, 4.69) is 20.2 Å². The minimum absolute atomic E-state index is 0.340. The zero-order valence-corrected chi connectivity index (χ0v) is 12.3. The lowest BCUT2D eigenvalue weighted by atomic mass is 10.2. The summed E-state index contributed by atoms with van der Waals surface area (Å²) in [6.45, 7) is 5.52. The molecule has 2 aliphatic rings. The van der Waals surface area contributed by atoms with Gasteiger partial charge in [0.05, 0.1) is 5.69 Å². The number of rotatable bonds is 4. The standard InChI is InChI=1S/C15H23N5O/c16-18-15(21)14-5-3-4-12(17-14)10-19-9-6-13(11-19)20-7-1-2-8-20/h3-5,13H,1-2,6-11,16H2,(H,18,21). The summed E-state index contributed by atoms with van der Waals surface area (Å²) in [6.07, 6.45) is 3.92. The van der Waals surface area contributed by atoms with Gasteiger partial charge in [0, 0.05) is 25.7 Å². The molecule has 3 N–H and O–H groups in total. The van der Waals surface area contributed by atoms with Crippen LogP contribution in [0.3, 0.4) is 0 Å². The molecule has 3 heterocycles. The van der Waals surface area contributed by atoms with Crippen LogP contribution in [0.15, 0.2) is 18.2 Å². The molecule has 0 aromatic carbocycles. The Kier molecular flexibility index (Phi) is 4.48. The van der Waals surface area contributed by atoms with Crippen molar-refractivity contribution < 1.29 is 4.79 Å². The van der Waals surface area contributed by atoms with Gasteiger partial charge in [-0.05, 0) is 44.5 Å². The minimum atomic E-state index is -0.340. The van der Waals surface area contributed by atoms with Crippen LogP contribution in [-0.4, -0.2) is 52.9 Å². The van der Waals surface area contributed by atoms with Crippen molar-refractivity contribution in [2.45, 2.75) is 31.8 Å². The van der Waals surface area contributed by atoms with Crippen LogP contribution in [0.25, 0.3) is 0 Å². The van der Waals surface area contributed by atoms with Crippen molar-refractivity contribution in [3.8, 4) is 0 Å². The molecular formula is C15H23N5O. The second-order valence-electron chi connectivity index (χ2n) is 5.91. The van der Waals surface area contributed by atoms with Crippen molar-refractivity contribution in [2.75, 3.05) is 26.2 Å². The minimum Gasteiger partial charge on any atom is -0.299 e. The van der Waals surface area contributed by atoms with Gasteiger partial charge in [-0.3, -0.25) is 20.0 Å². The van der Waals surface area contributed by atoms with Crippen LogP contribution in [0.4, 0.5) is 0 Å². The van der Waals surface area contributed by atoms with Crippen molar-refractivity contribution in [1.29, 1.82) is 0 Å². The predicted octanol–water partition coefficient (Wildman–Crippen LogP) is 0.355. The summed E-state index contributed by atoms with van der Waals surface area (Å²) in [5, 5.41) is 0. The van der Waals surface area contributed by atoms with Crippen LogP contribution in [0.5, 0.6) is 0 Å². The average molecular weight is 289 g/mol. The number of carbonyl (C=O) groups is 1. The molecule has 6 nitrogen and oxygen atoms in total. The number of carbonyl (C=O) groups excluding carboxylic acids is 1.